The molecule has 9 aromatic rings. The van der Waals surface area contributed by atoms with E-state index in [4.69, 9.17) is 18.8 Å². The number of hydrogen-bond acceptors (Lipinski definition) is 8. The lowest BCUT2D eigenvalue weighted by Crippen LogP contribution is -2.48. The number of hydrogen-bond donors (Lipinski definition) is 1. The first-order valence-electron chi connectivity index (χ1n) is 15.4. The van der Waals surface area contributed by atoms with Gasteiger partial charge in [-0.2, -0.15) is 0 Å². The summed E-state index contributed by atoms with van der Waals surface area (Å²) in [5, 5.41) is 8.23. The minimum atomic E-state index is -1.13. The molecule has 1 atom stereocenters. The van der Waals surface area contributed by atoms with Crippen LogP contribution in [-0.2, 0) is 5.66 Å². The third-order valence-corrected chi connectivity index (χ3v) is 11.7. The van der Waals surface area contributed by atoms with E-state index in [1.165, 1.54) is 4.70 Å². The van der Waals surface area contributed by atoms with Crippen molar-refractivity contribution in [1.29, 1.82) is 0 Å². The van der Waals surface area contributed by atoms with Gasteiger partial charge in [-0.1, -0.05) is 60.7 Å². The Morgan fingerprint density at radius 2 is 1.60 bits per heavy atom. The number of para-hydroxylation sites is 2. The van der Waals surface area contributed by atoms with E-state index in [9.17, 15) is 0 Å². The quantitative estimate of drug-likeness (QED) is 0.190. The maximum atomic E-state index is 6.81. The summed E-state index contributed by atoms with van der Waals surface area (Å²) >= 11 is 5.00. The number of aromatic nitrogens is 2. The number of H-pyrrole nitrogens is 1. The molecule has 10 rings (SSSR count). The number of rotatable bonds is 6. The van der Waals surface area contributed by atoms with E-state index in [0.29, 0.717) is 11.6 Å². The number of thiazole rings is 1. The lowest BCUT2D eigenvalue weighted by atomic mass is 9.92. The molecule has 0 spiro atoms. The smallest absolute Gasteiger partial charge is 0.227 e. The summed E-state index contributed by atoms with van der Waals surface area (Å²) in [6, 6.07) is 39.7. The van der Waals surface area contributed by atoms with Crippen LogP contribution in [-0.4, -0.2) is 15.7 Å². The molecule has 0 radical (unpaired) electrons. The molecule has 6 aromatic heterocycles. The molecule has 0 bridgehead atoms. The number of thiophene rings is 2. The fourth-order valence-electron chi connectivity index (χ4n) is 6.66. The highest BCUT2D eigenvalue weighted by Gasteiger charge is 2.52. The maximum absolute atomic E-state index is 6.81. The van der Waals surface area contributed by atoms with Crippen molar-refractivity contribution in [1.82, 2.24) is 9.97 Å². The van der Waals surface area contributed by atoms with Gasteiger partial charge >= 0.3 is 0 Å². The predicted octanol–water partition coefficient (Wildman–Crippen LogP) is 11.0. The van der Waals surface area contributed by atoms with Crippen LogP contribution in [0, 0.1) is 0 Å². The number of aliphatic imine (C=N–C) groups is 1. The Balaban J connectivity index is 1.40. The van der Waals surface area contributed by atoms with E-state index in [0.717, 1.165) is 64.7 Å². The summed E-state index contributed by atoms with van der Waals surface area (Å²) in [6.07, 6.45) is 3.58. The van der Waals surface area contributed by atoms with Crippen LogP contribution < -0.4 is 4.90 Å². The molecule has 48 heavy (non-hydrogen) atoms. The van der Waals surface area contributed by atoms with Crippen molar-refractivity contribution in [3.05, 3.63) is 165 Å². The van der Waals surface area contributed by atoms with Gasteiger partial charge in [-0.25, -0.2) is 9.98 Å². The molecular formula is C39H24N4O2S3. The number of fused-ring (bicyclic) bond motifs is 3. The average Bonchev–Trinajstić information content (AvgIpc) is 3.98. The van der Waals surface area contributed by atoms with Crippen molar-refractivity contribution in [3.8, 4) is 0 Å². The van der Waals surface area contributed by atoms with Crippen molar-refractivity contribution >= 4 is 88.8 Å². The van der Waals surface area contributed by atoms with Gasteiger partial charge in [0.05, 0.1) is 38.7 Å². The SMILES string of the molecule is c1coc(C2=C(c3cccs3)N(c3cc4ccccc4o3)C(c3cc4ccccc4s3)(c3nccs3)N=C2c2cc3ccccc3[nH]2)c1. The molecule has 3 aromatic carbocycles. The van der Waals surface area contributed by atoms with Gasteiger partial charge in [0.15, 0.2) is 0 Å². The van der Waals surface area contributed by atoms with Crippen molar-refractivity contribution in [2.45, 2.75) is 5.66 Å². The van der Waals surface area contributed by atoms with Gasteiger partial charge in [-0.3, -0.25) is 4.90 Å². The number of furan rings is 2. The third kappa shape index (κ3) is 4.15. The van der Waals surface area contributed by atoms with E-state index >= 15 is 0 Å². The van der Waals surface area contributed by atoms with E-state index in [2.05, 4.69) is 94.1 Å². The Morgan fingerprint density at radius 3 is 2.38 bits per heavy atom. The van der Waals surface area contributed by atoms with Crippen molar-refractivity contribution < 1.29 is 8.83 Å². The molecular weight excluding hydrogens is 653 g/mol. The highest BCUT2D eigenvalue weighted by molar-refractivity contribution is 7.19. The summed E-state index contributed by atoms with van der Waals surface area (Å²) < 4.78 is 14.3. The standard InChI is InChI=1S/C39H24N4O2S3/c1-4-12-27-24(9-1)21-28(41-27)36-35(30-14-7-18-44-30)37(32-16-8-19-46-32)43(34-23-25-10-2-5-13-29(25)45-34)39(42-36,38-40-17-20-47-38)33-22-26-11-3-6-15-31(26)48-33/h1-23,41H. The van der Waals surface area contributed by atoms with Crippen LogP contribution in [0.25, 0.3) is 43.2 Å². The molecule has 7 heterocycles. The summed E-state index contributed by atoms with van der Waals surface area (Å²) in [5.74, 6) is 1.37. The van der Waals surface area contributed by atoms with Gasteiger partial charge in [0, 0.05) is 38.6 Å². The number of nitrogens with zero attached hydrogens (tertiary/aromatic N) is 3. The second-order valence-corrected chi connectivity index (χ2v) is 14.5. The van der Waals surface area contributed by atoms with E-state index in [1.54, 1.807) is 40.3 Å². The molecule has 0 amide bonds. The largest absolute Gasteiger partial charge is 0.464 e. The maximum Gasteiger partial charge on any atom is 0.227 e. The number of benzene rings is 3. The number of nitrogens with one attached hydrogen (secondary N) is 1. The normalized spacial score (nSPS) is 16.8. The van der Waals surface area contributed by atoms with Crippen LogP contribution in [0.3, 0.4) is 0 Å². The first-order chi connectivity index (χ1) is 23.8. The van der Waals surface area contributed by atoms with E-state index in [-0.39, 0.29) is 0 Å². The predicted molar refractivity (Wildman–Crippen MR) is 198 cm³/mol. The van der Waals surface area contributed by atoms with Gasteiger partial charge in [0.1, 0.15) is 16.4 Å². The zero-order chi connectivity index (χ0) is 31.7. The van der Waals surface area contributed by atoms with Crippen LogP contribution >= 0.6 is 34.0 Å². The van der Waals surface area contributed by atoms with Gasteiger partial charge in [0.2, 0.25) is 11.5 Å². The first-order valence-corrected chi connectivity index (χ1v) is 18.0. The van der Waals surface area contributed by atoms with Crippen molar-refractivity contribution in [3.63, 3.8) is 0 Å². The highest BCUT2D eigenvalue weighted by Crippen LogP contribution is 2.55. The molecule has 1 aliphatic rings. The van der Waals surface area contributed by atoms with Crippen LogP contribution in [0.2, 0.25) is 0 Å². The van der Waals surface area contributed by atoms with Crippen LogP contribution in [0.5, 0.6) is 0 Å². The molecule has 1 N–H and O–H groups in total. The van der Waals surface area contributed by atoms with Gasteiger partial charge in [0.25, 0.3) is 0 Å². The zero-order valence-corrected chi connectivity index (χ0v) is 27.6. The summed E-state index contributed by atoms with van der Waals surface area (Å²) in [5.41, 5.74) is 4.17. The molecule has 9 heteroatoms. The van der Waals surface area contributed by atoms with Gasteiger partial charge in [-0.05, 0) is 59.3 Å². The minimum Gasteiger partial charge on any atom is -0.464 e. The Hall–Kier alpha value is -5.48. The molecule has 0 saturated heterocycles. The second kappa shape index (κ2) is 10.8. The lowest BCUT2D eigenvalue weighted by Gasteiger charge is -2.44. The third-order valence-electron chi connectivity index (χ3n) is 8.73. The Morgan fingerprint density at radius 1 is 0.750 bits per heavy atom. The summed E-state index contributed by atoms with van der Waals surface area (Å²) in [7, 11) is 0. The van der Waals surface area contributed by atoms with Crippen LogP contribution in [0.1, 0.15) is 26.2 Å². The van der Waals surface area contributed by atoms with E-state index < -0.39 is 5.66 Å². The molecule has 0 saturated carbocycles. The lowest BCUT2D eigenvalue weighted by molar-refractivity contribution is 0.502. The zero-order valence-electron chi connectivity index (χ0n) is 25.2. The number of allylic oxidation sites excluding steroid dienone is 1. The van der Waals surface area contributed by atoms with Gasteiger partial charge < -0.3 is 13.8 Å². The second-order valence-electron chi connectivity index (χ2n) is 11.5. The van der Waals surface area contributed by atoms with Gasteiger partial charge in [-0.15, -0.1) is 34.0 Å². The molecule has 0 fully saturated rings. The Kier molecular flexibility index (Phi) is 6.20. The first kappa shape index (κ1) is 27.6. The fourth-order valence-corrected chi connectivity index (χ4v) is 9.47. The minimum absolute atomic E-state index is 0.663. The Bertz CT molecular complexity index is 2540. The highest BCUT2D eigenvalue weighted by atomic mass is 32.1. The molecule has 1 aliphatic heterocycles. The number of aromatic amines is 1. The molecule has 6 nitrogen and oxygen atoms in total. The Labute approximate surface area is 286 Å². The molecule has 1 unspecified atom stereocenters. The van der Waals surface area contributed by atoms with E-state index in [1.807, 2.05) is 48.0 Å². The van der Waals surface area contributed by atoms with Crippen LogP contribution in [0.4, 0.5) is 5.88 Å². The monoisotopic (exact) mass is 676 g/mol. The molecule has 0 aliphatic carbocycles. The fraction of sp³-hybridized carbons (Fsp3) is 0.0256. The average molecular weight is 677 g/mol. The van der Waals surface area contributed by atoms with Crippen molar-refractivity contribution in [2.24, 2.45) is 4.99 Å². The van der Waals surface area contributed by atoms with Crippen molar-refractivity contribution in [2.75, 3.05) is 4.90 Å². The number of anilines is 1. The summed E-state index contributed by atoms with van der Waals surface area (Å²) in [4.78, 5) is 19.0. The topological polar surface area (TPSA) is 70.6 Å². The van der Waals surface area contributed by atoms with Crippen LogP contribution in [0.15, 0.2) is 152 Å². The molecule has 230 valence electrons. The summed E-state index contributed by atoms with van der Waals surface area (Å²) in [6.45, 7) is 0.